The van der Waals surface area contributed by atoms with Gasteiger partial charge in [-0.2, -0.15) is 0 Å². The summed E-state index contributed by atoms with van der Waals surface area (Å²) in [5.74, 6) is -0.988. The molecule has 1 atom stereocenters. The molecule has 2 saturated heterocycles. The Balaban J connectivity index is 1.80. The molecule has 0 saturated carbocycles. The standard InChI is InChI=1S/C13H22N2O3/c1-10(12(16)17)11-8-15(9-11)13(18)14-6-4-2-3-5-7-14/h10-11H,2-9H2,1H3,(H,16,17). The van der Waals surface area contributed by atoms with Gasteiger partial charge in [-0.1, -0.05) is 19.8 Å². The number of carbonyl (C=O) groups excluding carboxylic acids is 1. The van der Waals surface area contributed by atoms with Crippen molar-refractivity contribution in [2.45, 2.75) is 32.6 Å². The smallest absolute Gasteiger partial charge is 0.320 e. The van der Waals surface area contributed by atoms with Crippen molar-refractivity contribution in [3.63, 3.8) is 0 Å². The van der Waals surface area contributed by atoms with E-state index in [4.69, 9.17) is 5.11 Å². The van der Waals surface area contributed by atoms with Crippen LogP contribution in [-0.4, -0.2) is 53.1 Å². The van der Waals surface area contributed by atoms with E-state index in [1.807, 2.05) is 4.90 Å². The lowest BCUT2D eigenvalue weighted by Crippen LogP contribution is -2.57. The number of carbonyl (C=O) groups is 2. The fourth-order valence-electron chi connectivity index (χ4n) is 2.65. The Hall–Kier alpha value is -1.26. The van der Waals surface area contributed by atoms with Crippen molar-refractivity contribution in [3.05, 3.63) is 0 Å². The molecule has 5 nitrogen and oxygen atoms in total. The number of nitrogens with zero attached hydrogens (tertiary/aromatic N) is 2. The highest BCUT2D eigenvalue weighted by Crippen LogP contribution is 2.25. The van der Waals surface area contributed by atoms with E-state index in [1.165, 1.54) is 12.8 Å². The van der Waals surface area contributed by atoms with Gasteiger partial charge >= 0.3 is 12.0 Å². The number of carboxylic acids is 1. The van der Waals surface area contributed by atoms with Crippen LogP contribution in [0.15, 0.2) is 0 Å². The number of amides is 2. The molecule has 102 valence electrons. The summed E-state index contributed by atoms with van der Waals surface area (Å²) in [6.07, 6.45) is 4.61. The maximum absolute atomic E-state index is 12.2. The number of carboxylic acid groups (broad SMARTS) is 1. The molecule has 0 radical (unpaired) electrons. The average molecular weight is 254 g/mol. The largest absolute Gasteiger partial charge is 0.481 e. The fourth-order valence-corrected chi connectivity index (χ4v) is 2.65. The summed E-state index contributed by atoms with van der Waals surface area (Å²) in [4.78, 5) is 26.7. The first-order chi connectivity index (χ1) is 8.59. The normalized spacial score (nSPS) is 23.2. The predicted octanol–water partition coefficient (Wildman–Crippen LogP) is 1.63. The van der Waals surface area contributed by atoms with Crippen LogP contribution in [0.25, 0.3) is 0 Å². The van der Waals surface area contributed by atoms with Gasteiger partial charge in [0.2, 0.25) is 0 Å². The summed E-state index contributed by atoms with van der Waals surface area (Å²) in [5, 5.41) is 8.91. The molecule has 2 aliphatic heterocycles. The molecular formula is C13H22N2O3. The summed E-state index contributed by atoms with van der Waals surface area (Å²) in [6, 6.07) is 0.103. The van der Waals surface area contributed by atoms with Crippen LogP contribution in [0, 0.1) is 11.8 Å². The van der Waals surface area contributed by atoms with Crippen molar-refractivity contribution in [1.29, 1.82) is 0 Å². The third-order valence-corrected chi connectivity index (χ3v) is 4.15. The van der Waals surface area contributed by atoms with E-state index in [1.54, 1.807) is 11.8 Å². The van der Waals surface area contributed by atoms with Crippen LogP contribution in [0.4, 0.5) is 4.79 Å². The SMILES string of the molecule is CC(C(=O)O)C1CN(C(=O)N2CCCCCC2)C1. The van der Waals surface area contributed by atoms with Crippen molar-refractivity contribution in [2.75, 3.05) is 26.2 Å². The molecule has 2 rings (SSSR count). The van der Waals surface area contributed by atoms with E-state index in [2.05, 4.69) is 0 Å². The quantitative estimate of drug-likeness (QED) is 0.814. The molecule has 5 heteroatoms. The van der Waals surface area contributed by atoms with Gasteiger partial charge in [0.05, 0.1) is 5.92 Å². The monoisotopic (exact) mass is 254 g/mol. The molecule has 0 aromatic rings. The highest BCUT2D eigenvalue weighted by atomic mass is 16.4. The van der Waals surface area contributed by atoms with Crippen molar-refractivity contribution >= 4 is 12.0 Å². The lowest BCUT2D eigenvalue weighted by atomic mass is 9.87. The Bertz CT molecular complexity index is 318. The molecule has 0 aliphatic carbocycles. The van der Waals surface area contributed by atoms with Crippen molar-refractivity contribution in [3.8, 4) is 0 Å². The molecule has 2 amide bonds. The molecule has 0 aromatic heterocycles. The van der Waals surface area contributed by atoms with Gasteiger partial charge in [-0.05, 0) is 12.8 Å². The first kappa shape index (κ1) is 13.2. The first-order valence-electron chi connectivity index (χ1n) is 6.86. The van der Waals surface area contributed by atoms with E-state index in [0.29, 0.717) is 13.1 Å². The summed E-state index contributed by atoms with van der Waals surface area (Å²) in [6.45, 7) is 4.63. The molecule has 0 aromatic carbocycles. The fraction of sp³-hybridized carbons (Fsp3) is 0.846. The number of urea groups is 1. The Morgan fingerprint density at radius 2 is 1.61 bits per heavy atom. The maximum atomic E-state index is 12.2. The zero-order valence-electron chi connectivity index (χ0n) is 11.0. The zero-order chi connectivity index (χ0) is 13.1. The van der Waals surface area contributed by atoms with Gasteiger partial charge in [-0.15, -0.1) is 0 Å². The minimum absolute atomic E-state index is 0.103. The van der Waals surface area contributed by atoms with Gasteiger partial charge in [0.25, 0.3) is 0 Å². The molecule has 1 N–H and O–H groups in total. The van der Waals surface area contributed by atoms with Gasteiger partial charge in [0.15, 0.2) is 0 Å². The third kappa shape index (κ3) is 2.76. The van der Waals surface area contributed by atoms with Crippen LogP contribution in [0.3, 0.4) is 0 Å². The molecule has 2 fully saturated rings. The van der Waals surface area contributed by atoms with E-state index in [-0.39, 0.29) is 17.9 Å². The second-order valence-electron chi connectivity index (χ2n) is 5.48. The topological polar surface area (TPSA) is 60.9 Å². The van der Waals surface area contributed by atoms with Gasteiger partial charge in [0, 0.05) is 32.1 Å². The number of hydrogen-bond donors (Lipinski definition) is 1. The average Bonchev–Trinajstić information content (AvgIpc) is 2.54. The molecule has 2 aliphatic rings. The van der Waals surface area contributed by atoms with Crippen LogP contribution < -0.4 is 0 Å². The van der Waals surface area contributed by atoms with Crippen molar-refractivity contribution in [2.24, 2.45) is 11.8 Å². The second kappa shape index (κ2) is 5.59. The zero-order valence-corrected chi connectivity index (χ0v) is 11.0. The summed E-state index contributed by atoms with van der Waals surface area (Å²) in [5.41, 5.74) is 0. The maximum Gasteiger partial charge on any atom is 0.320 e. The molecule has 0 bridgehead atoms. The van der Waals surface area contributed by atoms with E-state index in [0.717, 1.165) is 25.9 Å². The molecule has 0 spiro atoms. The van der Waals surface area contributed by atoms with Crippen molar-refractivity contribution < 1.29 is 14.7 Å². The Kier molecular flexibility index (Phi) is 4.09. The van der Waals surface area contributed by atoms with Crippen LogP contribution in [-0.2, 0) is 4.79 Å². The highest BCUT2D eigenvalue weighted by molar-refractivity contribution is 5.76. The minimum Gasteiger partial charge on any atom is -0.481 e. The highest BCUT2D eigenvalue weighted by Gasteiger charge is 2.38. The number of hydrogen-bond acceptors (Lipinski definition) is 2. The number of aliphatic carboxylic acids is 1. The summed E-state index contributed by atoms with van der Waals surface area (Å²) >= 11 is 0. The molecular weight excluding hydrogens is 232 g/mol. The van der Waals surface area contributed by atoms with Crippen LogP contribution in [0.1, 0.15) is 32.6 Å². The van der Waals surface area contributed by atoms with E-state index in [9.17, 15) is 9.59 Å². The van der Waals surface area contributed by atoms with Gasteiger partial charge in [0.1, 0.15) is 0 Å². The Morgan fingerprint density at radius 1 is 1.06 bits per heavy atom. The molecule has 18 heavy (non-hydrogen) atoms. The Labute approximate surface area is 108 Å². The molecule has 2 heterocycles. The van der Waals surface area contributed by atoms with Gasteiger partial charge in [-0.3, -0.25) is 4.79 Å². The lowest BCUT2D eigenvalue weighted by Gasteiger charge is -2.43. The predicted molar refractivity (Wildman–Crippen MR) is 67.3 cm³/mol. The van der Waals surface area contributed by atoms with E-state index >= 15 is 0 Å². The number of likely N-dealkylation sites (tertiary alicyclic amines) is 2. The van der Waals surface area contributed by atoms with Crippen LogP contribution in [0.5, 0.6) is 0 Å². The molecule has 1 unspecified atom stereocenters. The summed E-state index contributed by atoms with van der Waals surface area (Å²) < 4.78 is 0. The lowest BCUT2D eigenvalue weighted by molar-refractivity contribution is -0.144. The van der Waals surface area contributed by atoms with E-state index < -0.39 is 5.97 Å². The van der Waals surface area contributed by atoms with Gasteiger partial charge < -0.3 is 14.9 Å². The second-order valence-corrected chi connectivity index (χ2v) is 5.48. The van der Waals surface area contributed by atoms with Crippen molar-refractivity contribution in [1.82, 2.24) is 9.80 Å². The van der Waals surface area contributed by atoms with Crippen LogP contribution >= 0.6 is 0 Å². The number of rotatable bonds is 2. The van der Waals surface area contributed by atoms with Crippen LogP contribution in [0.2, 0.25) is 0 Å². The first-order valence-corrected chi connectivity index (χ1v) is 6.86. The summed E-state index contributed by atoms with van der Waals surface area (Å²) in [7, 11) is 0. The Morgan fingerprint density at radius 3 is 2.11 bits per heavy atom. The van der Waals surface area contributed by atoms with Gasteiger partial charge in [-0.25, -0.2) is 4.79 Å². The third-order valence-electron chi connectivity index (χ3n) is 4.15. The minimum atomic E-state index is -0.762.